The van der Waals surface area contributed by atoms with Crippen molar-refractivity contribution in [3.8, 4) is 0 Å². The molecule has 2 rings (SSSR count). The number of carboxylic acids is 1. The van der Waals surface area contributed by atoms with Gasteiger partial charge in [-0.2, -0.15) is 0 Å². The fourth-order valence-corrected chi connectivity index (χ4v) is 2.75. The number of aliphatic hydroxyl groups is 1. The van der Waals surface area contributed by atoms with E-state index in [2.05, 4.69) is 4.90 Å². The van der Waals surface area contributed by atoms with E-state index in [4.69, 9.17) is 0 Å². The summed E-state index contributed by atoms with van der Waals surface area (Å²) < 4.78 is 0. The van der Waals surface area contributed by atoms with Gasteiger partial charge in [-0.15, -0.1) is 0 Å². The summed E-state index contributed by atoms with van der Waals surface area (Å²) in [6.07, 6.45) is 0.753. The van der Waals surface area contributed by atoms with Gasteiger partial charge in [0, 0.05) is 13.1 Å². The summed E-state index contributed by atoms with van der Waals surface area (Å²) in [6, 6.07) is 9.50. The SMILES string of the molecule is CCC1(C(=O)O)CCN(CC(O)c2ccccc2)C1. The number of hydrogen-bond acceptors (Lipinski definition) is 3. The van der Waals surface area contributed by atoms with Crippen LogP contribution in [0.5, 0.6) is 0 Å². The molecule has 4 nitrogen and oxygen atoms in total. The second-order valence-electron chi connectivity index (χ2n) is 5.35. The number of nitrogens with zero attached hydrogens (tertiary/aromatic N) is 1. The number of rotatable bonds is 5. The molecule has 0 bridgehead atoms. The Hall–Kier alpha value is -1.39. The maximum absolute atomic E-state index is 11.4. The van der Waals surface area contributed by atoms with Gasteiger partial charge in [0.05, 0.1) is 11.5 Å². The van der Waals surface area contributed by atoms with E-state index in [1.165, 1.54) is 0 Å². The molecule has 1 aromatic carbocycles. The van der Waals surface area contributed by atoms with E-state index >= 15 is 0 Å². The Balaban J connectivity index is 1.97. The second kappa shape index (κ2) is 5.72. The van der Waals surface area contributed by atoms with E-state index in [0.29, 0.717) is 25.9 Å². The van der Waals surface area contributed by atoms with Gasteiger partial charge in [0.2, 0.25) is 0 Å². The number of carbonyl (C=O) groups is 1. The highest BCUT2D eigenvalue weighted by molar-refractivity contribution is 5.75. The van der Waals surface area contributed by atoms with Crippen LogP contribution in [0.25, 0.3) is 0 Å². The zero-order valence-corrected chi connectivity index (χ0v) is 11.2. The summed E-state index contributed by atoms with van der Waals surface area (Å²) in [7, 11) is 0. The molecule has 1 aromatic rings. The molecular weight excluding hydrogens is 242 g/mol. The van der Waals surface area contributed by atoms with Crippen molar-refractivity contribution in [2.75, 3.05) is 19.6 Å². The highest BCUT2D eigenvalue weighted by Gasteiger charge is 2.43. The zero-order chi connectivity index (χ0) is 13.9. The van der Waals surface area contributed by atoms with Crippen LogP contribution >= 0.6 is 0 Å². The Morgan fingerprint density at radius 3 is 2.63 bits per heavy atom. The highest BCUT2D eigenvalue weighted by Crippen LogP contribution is 2.34. The summed E-state index contributed by atoms with van der Waals surface area (Å²) in [5.41, 5.74) is 0.253. The maximum Gasteiger partial charge on any atom is 0.310 e. The molecule has 0 saturated carbocycles. The fourth-order valence-electron chi connectivity index (χ4n) is 2.75. The first-order valence-electron chi connectivity index (χ1n) is 6.76. The van der Waals surface area contributed by atoms with Gasteiger partial charge in [-0.1, -0.05) is 37.3 Å². The maximum atomic E-state index is 11.4. The fraction of sp³-hybridized carbons (Fsp3) is 0.533. The van der Waals surface area contributed by atoms with Crippen LogP contribution in [0.3, 0.4) is 0 Å². The molecule has 2 N–H and O–H groups in total. The van der Waals surface area contributed by atoms with E-state index in [-0.39, 0.29) is 0 Å². The van der Waals surface area contributed by atoms with Gasteiger partial charge in [0.1, 0.15) is 0 Å². The lowest BCUT2D eigenvalue weighted by Crippen LogP contribution is -2.35. The van der Waals surface area contributed by atoms with E-state index in [1.807, 2.05) is 37.3 Å². The summed E-state index contributed by atoms with van der Waals surface area (Å²) in [4.78, 5) is 13.4. The molecule has 0 amide bonds. The summed E-state index contributed by atoms with van der Waals surface area (Å²) in [6.45, 7) is 3.69. The molecular formula is C15H21NO3. The van der Waals surface area contributed by atoms with Gasteiger partial charge in [-0.05, 0) is 24.9 Å². The highest BCUT2D eigenvalue weighted by atomic mass is 16.4. The monoisotopic (exact) mass is 263 g/mol. The second-order valence-corrected chi connectivity index (χ2v) is 5.35. The van der Waals surface area contributed by atoms with Crippen molar-refractivity contribution >= 4 is 5.97 Å². The number of β-amino-alcohol motifs (C(OH)–C–C–N with tert-alkyl or cyclic N) is 1. The normalized spacial score (nSPS) is 25.4. The first kappa shape index (κ1) is 14.0. The Bertz CT molecular complexity index is 434. The first-order chi connectivity index (χ1) is 9.07. The minimum absolute atomic E-state index is 0.499. The molecule has 1 saturated heterocycles. The number of carboxylic acid groups (broad SMARTS) is 1. The zero-order valence-electron chi connectivity index (χ0n) is 11.2. The van der Waals surface area contributed by atoms with Gasteiger partial charge in [0.25, 0.3) is 0 Å². The molecule has 1 aliphatic rings. The van der Waals surface area contributed by atoms with E-state index in [0.717, 1.165) is 12.1 Å². The molecule has 1 heterocycles. The molecule has 0 spiro atoms. The van der Waals surface area contributed by atoms with Crippen molar-refractivity contribution in [3.05, 3.63) is 35.9 Å². The van der Waals surface area contributed by atoms with Crippen molar-refractivity contribution in [2.45, 2.75) is 25.9 Å². The summed E-state index contributed by atoms with van der Waals surface area (Å²) in [5.74, 6) is -0.716. The third kappa shape index (κ3) is 2.96. The van der Waals surface area contributed by atoms with Gasteiger partial charge >= 0.3 is 5.97 Å². The molecule has 0 radical (unpaired) electrons. The van der Waals surface area contributed by atoms with Crippen LogP contribution in [0.2, 0.25) is 0 Å². The summed E-state index contributed by atoms with van der Waals surface area (Å²) in [5, 5.41) is 19.5. The Morgan fingerprint density at radius 2 is 2.11 bits per heavy atom. The third-order valence-electron chi connectivity index (χ3n) is 4.18. The van der Waals surface area contributed by atoms with Crippen molar-refractivity contribution in [1.82, 2.24) is 4.90 Å². The lowest BCUT2D eigenvalue weighted by Gasteiger charge is -2.24. The van der Waals surface area contributed by atoms with Crippen LogP contribution in [0.4, 0.5) is 0 Å². The lowest BCUT2D eigenvalue weighted by molar-refractivity contribution is -0.148. The molecule has 19 heavy (non-hydrogen) atoms. The van der Waals surface area contributed by atoms with Crippen molar-refractivity contribution in [1.29, 1.82) is 0 Å². The van der Waals surface area contributed by atoms with Crippen molar-refractivity contribution < 1.29 is 15.0 Å². The van der Waals surface area contributed by atoms with Crippen LogP contribution in [0.1, 0.15) is 31.4 Å². The van der Waals surface area contributed by atoms with E-state index < -0.39 is 17.5 Å². The number of hydrogen-bond donors (Lipinski definition) is 2. The van der Waals surface area contributed by atoms with Crippen LogP contribution < -0.4 is 0 Å². The van der Waals surface area contributed by atoms with Gasteiger partial charge in [-0.3, -0.25) is 9.69 Å². The topological polar surface area (TPSA) is 60.8 Å². The van der Waals surface area contributed by atoms with Crippen LogP contribution in [-0.4, -0.2) is 40.7 Å². The number of benzene rings is 1. The smallest absolute Gasteiger partial charge is 0.310 e. The van der Waals surface area contributed by atoms with Crippen LogP contribution in [0.15, 0.2) is 30.3 Å². The average molecular weight is 263 g/mol. The molecule has 0 aromatic heterocycles. The van der Waals surface area contributed by atoms with Gasteiger partial charge in [0.15, 0.2) is 0 Å². The average Bonchev–Trinajstić information content (AvgIpc) is 2.84. The van der Waals surface area contributed by atoms with E-state index in [9.17, 15) is 15.0 Å². The minimum Gasteiger partial charge on any atom is -0.481 e. The predicted octanol–water partition coefficient (Wildman–Crippen LogP) is 1.91. The number of aliphatic carboxylic acids is 1. The molecule has 1 fully saturated rings. The van der Waals surface area contributed by atoms with Gasteiger partial charge < -0.3 is 10.2 Å². The Morgan fingerprint density at radius 1 is 1.42 bits per heavy atom. The molecule has 2 atom stereocenters. The van der Waals surface area contributed by atoms with Crippen LogP contribution in [0, 0.1) is 5.41 Å². The quantitative estimate of drug-likeness (QED) is 0.852. The predicted molar refractivity (Wildman–Crippen MR) is 72.8 cm³/mol. The first-order valence-corrected chi connectivity index (χ1v) is 6.76. The van der Waals surface area contributed by atoms with Crippen molar-refractivity contribution in [3.63, 3.8) is 0 Å². The Kier molecular flexibility index (Phi) is 4.22. The number of likely N-dealkylation sites (tertiary alicyclic amines) is 1. The summed E-state index contributed by atoms with van der Waals surface area (Å²) >= 11 is 0. The molecule has 0 aliphatic carbocycles. The van der Waals surface area contributed by atoms with Gasteiger partial charge in [-0.25, -0.2) is 0 Å². The lowest BCUT2D eigenvalue weighted by atomic mass is 9.84. The third-order valence-corrected chi connectivity index (χ3v) is 4.18. The van der Waals surface area contributed by atoms with Crippen molar-refractivity contribution in [2.24, 2.45) is 5.41 Å². The molecule has 1 aliphatic heterocycles. The Labute approximate surface area is 113 Å². The van der Waals surface area contributed by atoms with E-state index in [1.54, 1.807) is 0 Å². The molecule has 2 unspecified atom stereocenters. The molecule has 4 heteroatoms. The number of aliphatic hydroxyl groups excluding tert-OH is 1. The van der Waals surface area contributed by atoms with Crippen LogP contribution in [-0.2, 0) is 4.79 Å². The molecule has 104 valence electrons. The largest absolute Gasteiger partial charge is 0.481 e. The minimum atomic E-state index is -0.716. The standard InChI is InChI=1S/C15H21NO3/c1-2-15(14(18)19)8-9-16(11-15)10-13(17)12-6-4-3-5-7-12/h3-7,13,17H,2,8-11H2,1H3,(H,18,19).